The summed E-state index contributed by atoms with van der Waals surface area (Å²) < 4.78 is 23.1. The van der Waals surface area contributed by atoms with Crippen molar-refractivity contribution in [2.75, 3.05) is 28.4 Å². The Balaban J connectivity index is 1.69. The number of fused-ring (bicyclic) bond motifs is 1. The highest BCUT2D eigenvalue weighted by Gasteiger charge is 2.14. The topological polar surface area (TPSA) is 67.1 Å². The molecule has 0 unspecified atom stereocenters. The number of rotatable bonds is 6. The van der Waals surface area contributed by atoms with Crippen molar-refractivity contribution in [2.24, 2.45) is 0 Å². The SMILES string of the molecule is COc1ccc(-c2cn3nc(-c4ccc(OC)c(OC)c4)sc3n2)cc1OC. The fraction of sp³-hybridized carbons (Fsp3) is 0.200. The summed E-state index contributed by atoms with van der Waals surface area (Å²) in [7, 11) is 6.46. The zero-order valence-electron chi connectivity index (χ0n) is 15.9. The highest BCUT2D eigenvalue weighted by Crippen LogP contribution is 2.36. The summed E-state index contributed by atoms with van der Waals surface area (Å²) in [6.45, 7) is 0. The van der Waals surface area contributed by atoms with Crippen LogP contribution in [0.1, 0.15) is 0 Å². The van der Waals surface area contributed by atoms with Crippen molar-refractivity contribution in [1.82, 2.24) is 14.6 Å². The van der Waals surface area contributed by atoms with Gasteiger partial charge in [0.2, 0.25) is 4.96 Å². The van der Waals surface area contributed by atoms with Crippen LogP contribution in [0.5, 0.6) is 23.0 Å². The molecule has 0 aliphatic rings. The highest BCUT2D eigenvalue weighted by molar-refractivity contribution is 7.19. The summed E-state index contributed by atoms with van der Waals surface area (Å²) in [6, 6.07) is 11.4. The van der Waals surface area contributed by atoms with Crippen molar-refractivity contribution in [2.45, 2.75) is 0 Å². The Morgan fingerprint density at radius 1 is 0.750 bits per heavy atom. The van der Waals surface area contributed by atoms with Gasteiger partial charge in [-0.1, -0.05) is 11.3 Å². The molecule has 4 aromatic rings. The lowest BCUT2D eigenvalue weighted by atomic mass is 10.1. The van der Waals surface area contributed by atoms with Gasteiger partial charge >= 0.3 is 0 Å². The number of imidazole rings is 1. The average molecular weight is 397 g/mol. The van der Waals surface area contributed by atoms with Gasteiger partial charge < -0.3 is 18.9 Å². The van der Waals surface area contributed by atoms with Crippen LogP contribution in [0, 0.1) is 0 Å². The van der Waals surface area contributed by atoms with Gasteiger partial charge in [0.25, 0.3) is 0 Å². The van der Waals surface area contributed by atoms with Crippen molar-refractivity contribution in [1.29, 1.82) is 0 Å². The number of aromatic nitrogens is 3. The molecule has 28 heavy (non-hydrogen) atoms. The maximum atomic E-state index is 5.38. The molecule has 4 rings (SSSR count). The Bertz CT molecular complexity index is 1020. The molecule has 2 aromatic heterocycles. The van der Waals surface area contributed by atoms with Crippen LogP contribution in [0.15, 0.2) is 42.6 Å². The number of ether oxygens (including phenoxy) is 4. The molecule has 8 heteroatoms. The fourth-order valence-corrected chi connectivity index (χ4v) is 3.80. The second-order valence-electron chi connectivity index (χ2n) is 5.90. The van der Waals surface area contributed by atoms with E-state index in [1.807, 2.05) is 42.6 Å². The predicted octanol–water partition coefficient (Wildman–Crippen LogP) is 4.16. The Kier molecular flexibility index (Phi) is 4.79. The summed E-state index contributed by atoms with van der Waals surface area (Å²) in [4.78, 5) is 5.50. The van der Waals surface area contributed by atoms with Crippen molar-refractivity contribution in [3.8, 4) is 44.8 Å². The lowest BCUT2D eigenvalue weighted by molar-refractivity contribution is 0.355. The number of benzene rings is 2. The molecule has 0 saturated carbocycles. The van der Waals surface area contributed by atoms with E-state index in [9.17, 15) is 0 Å². The molecule has 0 fully saturated rings. The Morgan fingerprint density at radius 2 is 1.32 bits per heavy atom. The Hall–Kier alpha value is -3.26. The van der Waals surface area contributed by atoms with Crippen LogP contribution in [0.3, 0.4) is 0 Å². The minimum Gasteiger partial charge on any atom is -0.493 e. The third-order valence-electron chi connectivity index (χ3n) is 4.35. The van der Waals surface area contributed by atoms with E-state index in [-0.39, 0.29) is 0 Å². The molecular weight excluding hydrogens is 378 g/mol. The predicted molar refractivity (Wildman–Crippen MR) is 108 cm³/mol. The first-order chi connectivity index (χ1) is 13.7. The molecule has 0 aliphatic carbocycles. The van der Waals surface area contributed by atoms with Crippen LogP contribution >= 0.6 is 11.3 Å². The summed E-state index contributed by atoms with van der Waals surface area (Å²) in [5.41, 5.74) is 2.70. The van der Waals surface area contributed by atoms with E-state index >= 15 is 0 Å². The third kappa shape index (κ3) is 3.11. The first-order valence-electron chi connectivity index (χ1n) is 8.48. The van der Waals surface area contributed by atoms with E-state index in [1.165, 1.54) is 11.3 Å². The first-order valence-corrected chi connectivity index (χ1v) is 9.29. The standard InChI is InChI=1S/C20H19N3O4S/c1-24-15-7-5-12(9-17(15)26-3)14-11-23-20(21-14)28-19(22-23)13-6-8-16(25-2)18(10-13)27-4/h5-11H,1-4H3. The van der Waals surface area contributed by atoms with Crippen molar-refractivity contribution < 1.29 is 18.9 Å². The molecule has 0 spiro atoms. The quantitative estimate of drug-likeness (QED) is 0.487. The number of hydrogen-bond donors (Lipinski definition) is 0. The van der Waals surface area contributed by atoms with Crippen LogP contribution in [0.2, 0.25) is 0 Å². The van der Waals surface area contributed by atoms with Gasteiger partial charge in [0.1, 0.15) is 5.01 Å². The van der Waals surface area contributed by atoms with E-state index in [2.05, 4.69) is 5.10 Å². The van der Waals surface area contributed by atoms with Gasteiger partial charge in [0, 0.05) is 11.1 Å². The zero-order chi connectivity index (χ0) is 19.7. The van der Waals surface area contributed by atoms with Crippen LogP contribution in [-0.4, -0.2) is 43.0 Å². The van der Waals surface area contributed by atoms with Crippen molar-refractivity contribution in [3.63, 3.8) is 0 Å². The number of methoxy groups -OCH3 is 4. The summed E-state index contributed by atoms with van der Waals surface area (Å²) >= 11 is 1.50. The molecule has 0 N–H and O–H groups in total. The average Bonchev–Trinajstić information content (AvgIpc) is 3.32. The van der Waals surface area contributed by atoms with Crippen LogP contribution in [0.4, 0.5) is 0 Å². The van der Waals surface area contributed by atoms with Gasteiger partial charge in [0.15, 0.2) is 23.0 Å². The number of hydrogen-bond acceptors (Lipinski definition) is 7. The van der Waals surface area contributed by atoms with E-state index in [0.29, 0.717) is 23.0 Å². The summed E-state index contributed by atoms with van der Waals surface area (Å²) in [5.74, 6) is 2.69. The monoisotopic (exact) mass is 397 g/mol. The lowest BCUT2D eigenvalue weighted by Crippen LogP contribution is -1.91. The van der Waals surface area contributed by atoms with Gasteiger partial charge in [-0.3, -0.25) is 0 Å². The molecule has 0 aliphatic heterocycles. The molecular formula is C20H19N3O4S. The van der Waals surface area contributed by atoms with E-state index in [4.69, 9.17) is 23.9 Å². The molecule has 2 heterocycles. The van der Waals surface area contributed by atoms with Gasteiger partial charge in [-0.25, -0.2) is 9.50 Å². The molecule has 0 atom stereocenters. The van der Waals surface area contributed by atoms with Crippen LogP contribution in [0.25, 0.3) is 26.8 Å². The van der Waals surface area contributed by atoms with Crippen LogP contribution in [-0.2, 0) is 0 Å². The van der Waals surface area contributed by atoms with E-state index < -0.39 is 0 Å². The Morgan fingerprint density at radius 3 is 1.89 bits per heavy atom. The molecule has 7 nitrogen and oxygen atoms in total. The zero-order valence-corrected chi connectivity index (χ0v) is 16.7. The minimum absolute atomic E-state index is 0.662. The lowest BCUT2D eigenvalue weighted by Gasteiger charge is -2.08. The maximum absolute atomic E-state index is 5.38. The molecule has 144 valence electrons. The molecule has 2 aromatic carbocycles. The number of nitrogens with zero attached hydrogens (tertiary/aromatic N) is 3. The third-order valence-corrected chi connectivity index (χ3v) is 5.32. The minimum atomic E-state index is 0.662. The van der Waals surface area contributed by atoms with Crippen molar-refractivity contribution in [3.05, 3.63) is 42.6 Å². The summed E-state index contributed by atoms with van der Waals surface area (Å²) in [5, 5.41) is 5.51. The summed E-state index contributed by atoms with van der Waals surface area (Å²) in [6.07, 6.45) is 1.90. The Labute approximate surface area is 166 Å². The molecule has 0 bridgehead atoms. The first kappa shape index (κ1) is 18.1. The van der Waals surface area contributed by atoms with Gasteiger partial charge in [0.05, 0.1) is 40.3 Å². The van der Waals surface area contributed by atoms with Gasteiger partial charge in [-0.2, -0.15) is 5.10 Å². The molecule has 0 radical (unpaired) electrons. The normalized spacial score (nSPS) is 10.9. The van der Waals surface area contributed by atoms with Crippen molar-refractivity contribution >= 4 is 16.3 Å². The second-order valence-corrected chi connectivity index (χ2v) is 6.86. The second kappa shape index (κ2) is 7.40. The van der Waals surface area contributed by atoms with Crippen LogP contribution < -0.4 is 18.9 Å². The maximum Gasteiger partial charge on any atom is 0.213 e. The smallest absolute Gasteiger partial charge is 0.213 e. The fourth-order valence-electron chi connectivity index (χ4n) is 2.92. The van der Waals surface area contributed by atoms with E-state index in [1.54, 1.807) is 33.0 Å². The largest absolute Gasteiger partial charge is 0.493 e. The van der Waals surface area contributed by atoms with Gasteiger partial charge in [-0.15, -0.1) is 0 Å². The molecule has 0 amide bonds. The van der Waals surface area contributed by atoms with E-state index in [0.717, 1.165) is 26.8 Å². The highest BCUT2D eigenvalue weighted by atomic mass is 32.1. The van der Waals surface area contributed by atoms with Gasteiger partial charge in [-0.05, 0) is 36.4 Å². The molecule has 0 saturated heterocycles.